The first kappa shape index (κ1) is 14.6. The van der Waals surface area contributed by atoms with Gasteiger partial charge >= 0.3 is 0 Å². The maximum atomic E-state index is 5.66. The number of halogens is 1. The van der Waals surface area contributed by atoms with Gasteiger partial charge < -0.3 is 14.5 Å². The molecule has 3 rings (SSSR count). The molecule has 2 aromatic carbocycles. The first-order chi connectivity index (χ1) is 10.8. The Hall–Kier alpha value is -2.34. The standard InChI is InChI=1S/C16H14BrN3O2/c1-21-12-8-6-11(7-9-12)16-20-19-15(22-16)10-18-14-5-3-2-4-13(14)17/h2-9,18H,10H2,1H3. The molecule has 0 saturated carbocycles. The highest BCUT2D eigenvalue weighted by Crippen LogP contribution is 2.23. The predicted molar refractivity (Wildman–Crippen MR) is 87.8 cm³/mol. The molecule has 22 heavy (non-hydrogen) atoms. The summed E-state index contributed by atoms with van der Waals surface area (Å²) in [5, 5.41) is 11.4. The van der Waals surface area contributed by atoms with Gasteiger partial charge in [0.05, 0.1) is 13.7 Å². The highest BCUT2D eigenvalue weighted by Gasteiger charge is 2.09. The summed E-state index contributed by atoms with van der Waals surface area (Å²) in [5.41, 5.74) is 1.84. The van der Waals surface area contributed by atoms with E-state index in [2.05, 4.69) is 31.4 Å². The third kappa shape index (κ3) is 3.28. The molecule has 5 nitrogen and oxygen atoms in total. The molecule has 0 radical (unpaired) electrons. The third-order valence-corrected chi connectivity index (χ3v) is 3.80. The molecule has 112 valence electrons. The van der Waals surface area contributed by atoms with Crippen molar-refractivity contribution in [1.82, 2.24) is 10.2 Å². The smallest absolute Gasteiger partial charge is 0.247 e. The van der Waals surface area contributed by atoms with Gasteiger partial charge in [0.2, 0.25) is 11.8 Å². The van der Waals surface area contributed by atoms with Gasteiger partial charge in [-0.3, -0.25) is 0 Å². The Balaban J connectivity index is 1.69. The zero-order valence-electron chi connectivity index (χ0n) is 11.9. The van der Waals surface area contributed by atoms with Crippen molar-refractivity contribution in [2.24, 2.45) is 0 Å². The number of anilines is 1. The van der Waals surface area contributed by atoms with Crippen LogP contribution in [0.5, 0.6) is 5.75 Å². The number of benzene rings is 2. The van der Waals surface area contributed by atoms with E-state index in [1.807, 2.05) is 48.5 Å². The van der Waals surface area contributed by atoms with Gasteiger partial charge in [-0.2, -0.15) is 0 Å². The lowest BCUT2D eigenvalue weighted by atomic mass is 10.2. The molecule has 1 aromatic heterocycles. The van der Waals surface area contributed by atoms with Gasteiger partial charge in [0.25, 0.3) is 0 Å². The van der Waals surface area contributed by atoms with Gasteiger partial charge in [0, 0.05) is 15.7 Å². The molecule has 0 bridgehead atoms. The topological polar surface area (TPSA) is 60.2 Å². The molecule has 0 atom stereocenters. The van der Waals surface area contributed by atoms with Crippen molar-refractivity contribution in [1.29, 1.82) is 0 Å². The van der Waals surface area contributed by atoms with Crippen LogP contribution in [0.4, 0.5) is 5.69 Å². The molecule has 1 heterocycles. The summed E-state index contributed by atoms with van der Waals surface area (Å²) in [6.07, 6.45) is 0. The number of ether oxygens (including phenoxy) is 1. The van der Waals surface area contributed by atoms with Crippen LogP contribution in [0.25, 0.3) is 11.5 Å². The highest BCUT2D eigenvalue weighted by molar-refractivity contribution is 9.10. The summed E-state index contributed by atoms with van der Waals surface area (Å²) in [4.78, 5) is 0. The van der Waals surface area contributed by atoms with Crippen LogP contribution in [0.1, 0.15) is 5.89 Å². The molecule has 0 unspecified atom stereocenters. The second-order valence-corrected chi connectivity index (χ2v) is 5.42. The van der Waals surface area contributed by atoms with E-state index in [0.29, 0.717) is 18.3 Å². The molecule has 3 aromatic rings. The molecule has 0 spiro atoms. The van der Waals surface area contributed by atoms with Crippen molar-refractivity contribution in [2.45, 2.75) is 6.54 Å². The van der Waals surface area contributed by atoms with Crippen LogP contribution in [0.15, 0.2) is 57.4 Å². The van der Waals surface area contributed by atoms with Crippen molar-refractivity contribution in [2.75, 3.05) is 12.4 Å². The molecule has 0 saturated heterocycles. The van der Waals surface area contributed by atoms with E-state index in [1.165, 1.54) is 0 Å². The zero-order valence-corrected chi connectivity index (χ0v) is 13.5. The van der Waals surface area contributed by atoms with Crippen molar-refractivity contribution in [3.63, 3.8) is 0 Å². The van der Waals surface area contributed by atoms with Gasteiger partial charge in [-0.25, -0.2) is 0 Å². The summed E-state index contributed by atoms with van der Waals surface area (Å²) in [7, 11) is 1.63. The van der Waals surface area contributed by atoms with Gasteiger partial charge in [-0.1, -0.05) is 12.1 Å². The molecule has 0 amide bonds. The Bertz CT molecular complexity index is 756. The Morgan fingerprint density at radius 3 is 2.59 bits per heavy atom. The van der Waals surface area contributed by atoms with Crippen LogP contribution >= 0.6 is 15.9 Å². The highest BCUT2D eigenvalue weighted by atomic mass is 79.9. The summed E-state index contributed by atoms with van der Waals surface area (Å²) in [6.45, 7) is 0.464. The first-order valence-corrected chi connectivity index (χ1v) is 7.51. The largest absolute Gasteiger partial charge is 0.497 e. The maximum absolute atomic E-state index is 5.66. The van der Waals surface area contributed by atoms with Crippen LogP contribution < -0.4 is 10.1 Å². The Labute approximate surface area is 136 Å². The van der Waals surface area contributed by atoms with Crippen molar-refractivity contribution in [3.8, 4) is 17.2 Å². The van der Waals surface area contributed by atoms with Crippen molar-refractivity contribution in [3.05, 3.63) is 58.9 Å². The number of aromatic nitrogens is 2. The Kier molecular flexibility index (Phi) is 4.39. The summed E-state index contributed by atoms with van der Waals surface area (Å²) in [6, 6.07) is 15.4. The van der Waals surface area contributed by atoms with E-state index in [4.69, 9.17) is 9.15 Å². The molecule has 6 heteroatoms. The lowest BCUT2D eigenvalue weighted by Crippen LogP contribution is -2.00. The van der Waals surface area contributed by atoms with E-state index in [0.717, 1.165) is 21.5 Å². The van der Waals surface area contributed by atoms with Crippen LogP contribution in [0, 0.1) is 0 Å². The molecule has 0 aliphatic heterocycles. The van der Waals surface area contributed by atoms with Crippen molar-refractivity contribution < 1.29 is 9.15 Å². The number of nitrogens with zero attached hydrogens (tertiary/aromatic N) is 2. The predicted octanol–water partition coefficient (Wildman–Crippen LogP) is 4.12. The van der Waals surface area contributed by atoms with Crippen LogP contribution in [-0.4, -0.2) is 17.3 Å². The lowest BCUT2D eigenvalue weighted by Gasteiger charge is -2.05. The average Bonchev–Trinajstić information content (AvgIpc) is 3.03. The van der Waals surface area contributed by atoms with Crippen LogP contribution in [-0.2, 0) is 6.54 Å². The van der Waals surface area contributed by atoms with Crippen LogP contribution in [0.3, 0.4) is 0 Å². The van der Waals surface area contributed by atoms with Crippen LogP contribution in [0.2, 0.25) is 0 Å². The molecule has 0 aliphatic carbocycles. The monoisotopic (exact) mass is 359 g/mol. The van der Waals surface area contributed by atoms with E-state index < -0.39 is 0 Å². The number of hydrogen-bond donors (Lipinski definition) is 1. The summed E-state index contributed by atoms with van der Waals surface area (Å²) >= 11 is 3.48. The maximum Gasteiger partial charge on any atom is 0.247 e. The van der Waals surface area contributed by atoms with Gasteiger partial charge in [0.15, 0.2) is 0 Å². The minimum Gasteiger partial charge on any atom is -0.497 e. The second kappa shape index (κ2) is 6.62. The first-order valence-electron chi connectivity index (χ1n) is 6.71. The second-order valence-electron chi connectivity index (χ2n) is 4.56. The molecule has 0 fully saturated rings. The van der Waals surface area contributed by atoms with E-state index in [9.17, 15) is 0 Å². The Morgan fingerprint density at radius 1 is 1.09 bits per heavy atom. The zero-order chi connectivity index (χ0) is 15.4. The number of rotatable bonds is 5. The van der Waals surface area contributed by atoms with Gasteiger partial charge in [0.1, 0.15) is 5.75 Å². The third-order valence-electron chi connectivity index (χ3n) is 3.11. The van der Waals surface area contributed by atoms with E-state index >= 15 is 0 Å². The number of methoxy groups -OCH3 is 1. The fourth-order valence-corrected chi connectivity index (χ4v) is 2.38. The van der Waals surface area contributed by atoms with Crippen molar-refractivity contribution >= 4 is 21.6 Å². The summed E-state index contributed by atoms with van der Waals surface area (Å²) < 4.78 is 11.8. The molecular weight excluding hydrogens is 346 g/mol. The van der Waals surface area contributed by atoms with E-state index in [1.54, 1.807) is 7.11 Å². The average molecular weight is 360 g/mol. The fourth-order valence-electron chi connectivity index (χ4n) is 1.95. The fraction of sp³-hybridized carbons (Fsp3) is 0.125. The lowest BCUT2D eigenvalue weighted by molar-refractivity contribution is 0.415. The minimum absolute atomic E-state index is 0.464. The molecule has 1 N–H and O–H groups in total. The quantitative estimate of drug-likeness (QED) is 0.742. The number of hydrogen-bond acceptors (Lipinski definition) is 5. The number of para-hydroxylation sites is 1. The Morgan fingerprint density at radius 2 is 1.86 bits per heavy atom. The SMILES string of the molecule is COc1ccc(-c2nnc(CNc3ccccc3Br)o2)cc1. The normalized spacial score (nSPS) is 10.5. The molecular formula is C16H14BrN3O2. The van der Waals surface area contributed by atoms with Gasteiger partial charge in [-0.15, -0.1) is 10.2 Å². The summed E-state index contributed by atoms with van der Waals surface area (Å²) in [5.74, 6) is 1.81. The number of nitrogens with one attached hydrogen (secondary N) is 1. The van der Waals surface area contributed by atoms with Gasteiger partial charge in [-0.05, 0) is 52.3 Å². The minimum atomic E-state index is 0.464. The van der Waals surface area contributed by atoms with E-state index in [-0.39, 0.29) is 0 Å². The molecule has 0 aliphatic rings.